The smallest absolute Gasteiger partial charge is 0.0976 e. The van der Waals surface area contributed by atoms with Crippen LogP contribution in [-0.4, -0.2) is 4.98 Å². The Balaban J connectivity index is 1.85. The predicted molar refractivity (Wildman–Crippen MR) is 89.4 cm³/mol. The zero-order chi connectivity index (χ0) is 14.7. The van der Waals surface area contributed by atoms with Gasteiger partial charge >= 0.3 is 0 Å². The van der Waals surface area contributed by atoms with Crippen LogP contribution in [0.5, 0.6) is 0 Å². The van der Waals surface area contributed by atoms with Gasteiger partial charge in [-0.25, -0.2) is 4.98 Å². The molecule has 0 fully saturated rings. The molecule has 0 aliphatic carbocycles. The molecule has 2 aromatic carbocycles. The summed E-state index contributed by atoms with van der Waals surface area (Å²) >= 11 is 1.72. The third-order valence-corrected chi connectivity index (χ3v) is 4.46. The Hall–Kier alpha value is -1.97. The summed E-state index contributed by atoms with van der Waals surface area (Å²) in [6, 6.07) is 16.7. The number of nitrogens with zero attached hydrogens (tertiary/aromatic N) is 1. The molecule has 0 atom stereocenters. The Bertz CT molecular complexity index is 732. The monoisotopic (exact) mass is 294 g/mol. The molecular weight excluding hydrogens is 276 g/mol. The molecule has 1 heterocycles. The van der Waals surface area contributed by atoms with E-state index in [1.165, 1.54) is 22.3 Å². The summed E-state index contributed by atoms with van der Waals surface area (Å²) < 4.78 is 0. The van der Waals surface area contributed by atoms with E-state index >= 15 is 0 Å². The fourth-order valence-corrected chi connectivity index (χ4v) is 3.17. The first kappa shape index (κ1) is 14.0. The zero-order valence-electron chi connectivity index (χ0n) is 12.0. The molecule has 0 aliphatic heterocycles. The van der Waals surface area contributed by atoms with Gasteiger partial charge in [0, 0.05) is 23.9 Å². The minimum absolute atomic E-state index is 0.584. The first-order chi connectivity index (χ1) is 10.3. The highest BCUT2D eigenvalue weighted by atomic mass is 32.1. The van der Waals surface area contributed by atoms with Crippen molar-refractivity contribution in [3.8, 4) is 11.3 Å². The van der Waals surface area contributed by atoms with Gasteiger partial charge in [-0.05, 0) is 23.6 Å². The minimum atomic E-state index is 0.584. The van der Waals surface area contributed by atoms with Gasteiger partial charge in [0.25, 0.3) is 0 Å². The molecule has 3 aromatic rings. The van der Waals surface area contributed by atoms with Crippen molar-refractivity contribution in [2.24, 2.45) is 5.73 Å². The Morgan fingerprint density at radius 1 is 1.10 bits per heavy atom. The first-order valence-corrected chi connectivity index (χ1v) is 7.92. The van der Waals surface area contributed by atoms with Gasteiger partial charge < -0.3 is 5.73 Å². The third kappa shape index (κ3) is 3.20. The third-order valence-electron chi connectivity index (χ3n) is 3.61. The minimum Gasteiger partial charge on any atom is -0.326 e. The highest BCUT2D eigenvalue weighted by Gasteiger charge is 2.07. The SMILES string of the molecule is Cc1ccc(CN)cc1Cc1nc(-c2ccccc2)cs1. The number of aryl methyl sites for hydroxylation is 1. The molecule has 3 heteroatoms. The topological polar surface area (TPSA) is 38.9 Å². The van der Waals surface area contributed by atoms with Crippen LogP contribution < -0.4 is 5.73 Å². The van der Waals surface area contributed by atoms with E-state index in [0.29, 0.717) is 6.54 Å². The van der Waals surface area contributed by atoms with Gasteiger partial charge in [0.15, 0.2) is 0 Å². The lowest BCUT2D eigenvalue weighted by Gasteiger charge is -2.06. The second-order valence-corrected chi connectivity index (χ2v) is 6.08. The van der Waals surface area contributed by atoms with Crippen LogP contribution in [-0.2, 0) is 13.0 Å². The maximum Gasteiger partial charge on any atom is 0.0976 e. The highest BCUT2D eigenvalue weighted by Crippen LogP contribution is 2.24. The number of benzene rings is 2. The lowest BCUT2D eigenvalue weighted by Crippen LogP contribution is -1.99. The fraction of sp³-hybridized carbons (Fsp3) is 0.167. The average molecular weight is 294 g/mol. The van der Waals surface area contributed by atoms with E-state index in [0.717, 1.165) is 17.1 Å². The van der Waals surface area contributed by atoms with Crippen LogP contribution in [0.15, 0.2) is 53.9 Å². The van der Waals surface area contributed by atoms with E-state index in [-0.39, 0.29) is 0 Å². The van der Waals surface area contributed by atoms with Crippen molar-refractivity contribution in [2.45, 2.75) is 19.9 Å². The van der Waals surface area contributed by atoms with Crippen molar-refractivity contribution in [1.82, 2.24) is 4.98 Å². The molecule has 21 heavy (non-hydrogen) atoms. The summed E-state index contributed by atoms with van der Waals surface area (Å²) in [5.41, 5.74) is 11.7. The maximum absolute atomic E-state index is 5.73. The van der Waals surface area contributed by atoms with Crippen molar-refractivity contribution in [3.63, 3.8) is 0 Å². The molecule has 1 aromatic heterocycles. The summed E-state index contributed by atoms with van der Waals surface area (Å²) in [6.07, 6.45) is 0.872. The molecule has 0 saturated heterocycles. The van der Waals surface area contributed by atoms with Crippen LogP contribution in [0.25, 0.3) is 11.3 Å². The van der Waals surface area contributed by atoms with E-state index in [4.69, 9.17) is 10.7 Å². The summed E-state index contributed by atoms with van der Waals surface area (Å²) in [4.78, 5) is 4.76. The van der Waals surface area contributed by atoms with Gasteiger partial charge in [-0.2, -0.15) is 0 Å². The predicted octanol–water partition coefficient (Wildman–Crippen LogP) is 4.17. The van der Waals surface area contributed by atoms with Gasteiger partial charge in [-0.15, -0.1) is 11.3 Å². The Morgan fingerprint density at radius 3 is 2.67 bits per heavy atom. The molecule has 106 valence electrons. The van der Waals surface area contributed by atoms with Gasteiger partial charge in [-0.3, -0.25) is 0 Å². The number of aromatic nitrogens is 1. The van der Waals surface area contributed by atoms with Gasteiger partial charge in [0.05, 0.1) is 10.7 Å². The van der Waals surface area contributed by atoms with E-state index in [1.807, 2.05) is 18.2 Å². The highest BCUT2D eigenvalue weighted by molar-refractivity contribution is 7.10. The largest absolute Gasteiger partial charge is 0.326 e. The Kier molecular flexibility index (Phi) is 4.13. The number of rotatable bonds is 4. The first-order valence-electron chi connectivity index (χ1n) is 7.04. The van der Waals surface area contributed by atoms with Crippen LogP contribution in [0.4, 0.5) is 0 Å². The fourth-order valence-electron chi connectivity index (χ4n) is 2.34. The van der Waals surface area contributed by atoms with Gasteiger partial charge in [-0.1, -0.05) is 48.5 Å². The van der Waals surface area contributed by atoms with Crippen LogP contribution in [0.1, 0.15) is 21.7 Å². The standard InChI is InChI=1S/C18H18N2S/c1-13-7-8-14(11-19)9-16(13)10-18-20-17(12-21-18)15-5-3-2-4-6-15/h2-9,12H,10-11,19H2,1H3. The number of nitrogens with two attached hydrogens (primary N) is 1. The van der Waals surface area contributed by atoms with Crippen LogP contribution >= 0.6 is 11.3 Å². The Morgan fingerprint density at radius 2 is 1.90 bits per heavy atom. The second-order valence-electron chi connectivity index (χ2n) is 5.13. The van der Waals surface area contributed by atoms with Crippen molar-refractivity contribution in [1.29, 1.82) is 0 Å². The second kappa shape index (κ2) is 6.20. The lowest BCUT2D eigenvalue weighted by molar-refractivity contribution is 1.04. The molecule has 0 amide bonds. The molecule has 2 nitrogen and oxygen atoms in total. The molecular formula is C18H18N2S. The molecule has 0 bridgehead atoms. The molecule has 0 saturated carbocycles. The lowest BCUT2D eigenvalue weighted by atomic mass is 10.0. The normalized spacial score (nSPS) is 10.8. The molecule has 3 rings (SSSR count). The molecule has 0 radical (unpaired) electrons. The average Bonchev–Trinajstić information content (AvgIpc) is 2.99. The number of thiazole rings is 1. The number of hydrogen-bond acceptors (Lipinski definition) is 3. The van der Waals surface area contributed by atoms with E-state index < -0.39 is 0 Å². The van der Waals surface area contributed by atoms with E-state index in [1.54, 1.807) is 11.3 Å². The van der Waals surface area contributed by atoms with Gasteiger partial charge in [0.2, 0.25) is 0 Å². The maximum atomic E-state index is 5.73. The van der Waals surface area contributed by atoms with Crippen molar-refractivity contribution >= 4 is 11.3 Å². The molecule has 2 N–H and O–H groups in total. The van der Waals surface area contributed by atoms with Crippen LogP contribution in [0, 0.1) is 6.92 Å². The van der Waals surface area contributed by atoms with Crippen molar-refractivity contribution < 1.29 is 0 Å². The molecule has 0 spiro atoms. The van der Waals surface area contributed by atoms with E-state index in [9.17, 15) is 0 Å². The summed E-state index contributed by atoms with van der Waals surface area (Å²) in [5, 5.41) is 3.28. The Labute approximate surface area is 129 Å². The summed E-state index contributed by atoms with van der Waals surface area (Å²) in [7, 11) is 0. The van der Waals surface area contributed by atoms with Crippen molar-refractivity contribution in [2.75, 3.05) is 0 Å². The van der Waals surface area contributed by atoms with Gasteiger partial charge in [0.1, 0.15) is 0 Å². The molecule has 0 aliphatic rings. The van der Waals surface area contributed by atoms with Crippen LogP contribution in [0.2, 0.25) is 0 Å². The molecule has 0 unspecified atom stereocenters. The van der Waals surface area contributed by atoms with Crippen LogP contribution in [0.3, 0.4) is 0 Å². The zero-order valence-corrected chi connectivity index (χ0v) is 12.9. The number of hydrogen-bond donors (Lipinski definition) is 1. The quantitative estimate of drug-likeness (QED) is 0.784. The van der Waals surface area contributed by atoms with Crippen molar-refractivity contribution in [3.05, 3.63) is 75.6 Å². The van der Waals surface area contributed by atoms with E-state index in [2.05, 4.69) is 42.6 Å². The summed E-state index contributed by atoms with van der Waals surface area (Å²) in [6.45, 7) is 2.72. The summed E-state index contributed by atoms with van der Waals surface area (Å²) in [5.74, 6) is 0.